The second-order valence-corrected chi connectivity index (χ2v) is 4.17. The first-order chi connectivity index (χ1) is 7.59. The fourth-order valence-corrected chi connectivity index (χ4v) is 1.15. The maximum Gasteiger partial charge on any atom is 0.189 e. The van der Waals surface area contributed by atoms with E-state index in [-0.39, 0.29) is 0 Å². The molecule has 0 aliphatic rings. The molecule has 1 heterocycles. The van der Waals surface area contributed by atoms with Gasteiger partial charge < -0.3 is 15.6 Å². The summed E-state index contributed by atoms with van der Waals surface area (Å²) in [5.41, 5.74) is 5.71. The van der Waals surface area contributed by atoms with E-state index in [0.29, 0.717) is 18.4 Å². The number of nitrogens with two attached hydrogens (primary N) is 1. The van der Waals surface area contributed by atoms with Crippen LogP contribution in [0.5, 0.6) is 0 Å². The summed E-state index contributed by atoms with van der Waals surface area (Å²) < 4.78 is 1.82. The third-order valence-electron chi connectivity index (χ3n) is 2.22. The van der Waals surface area contributed by atoms with Crippen LogP contribution in [0.3, 0.4) is 0 Å². The molecular weight excluding hydrogens is 204 g/mol. The summed E-state index contributed by atoms with van der Waals surface area (Å²) in [6, 6.07) is 0. The Labute approximate surface area is 96.0 Å². The molecule has 16 heavy (non-hydrogen) atoms. The van der Waals surface area contributed by atoms with Crippen LogP contribution in [0.1, 0.15) is 26.1 Å². The zero-order chi connectivity index (χ0) is 12.0. The molecule has 0 atom stereocenters. The van der Waals surface area contributed by atoms with Gasteiger partial charge in [-0.25, -0.2) is 4.99 Å². The van der Waals surface area contributed by atoms with Crippen molar-refractivity contribution in [2.24, 2.45) is 23.7 Å². The van der Waals surface area contributed by atoms with E-state index in [4.69, 9.17) is 5.73 Å². The molecule has 3 N–H and O–H groups in total. The number of hydrogen-bond acceptors (Lipinski definition) is 3. The summed E-state index contributed by atoms with van der Waals surface area (Å²) >= 11 is 0. The van der Waals surface area contributed by atoms with Gasteiger partial charge in [0.1, 0.15) is 12.9 Å². The van der Waals surface area contributed by atoms with Gasteiger partial charge in [-0.3, -0.25) is 0 Å². The molecule has 0 bridgehead atoms. The lowest BCUT2D eigenvalue weighted by molar-refractivity contribution is 0.576. The summed E-state index contributed by atoms with van der Waals surface area (Å²) in [7, 11) is 1.88. The SMILES string of the molecule is CC(C)CCNC(N)=NCc1nncn1C. The minimum Gasteiger partial charge on any atom is -0.370 e. The standard InChI is InChI=1S/C10H20N6/c1-8(2)4-5-12-10(11)13-6-9-15-14-7-16(9)3/h7-8H,4-6H2,1-3H3,(H3,11,12,13). The van der Waals surface area contributed by atoms with Gasteiger partial charge in [-0.2, -0.15) is 0 Å². The molecule has 0 fully saturated rings. The summed E-state index contributed by atoms with van der Waals surface area (Å²) in [6.45, 7) is 5.66. The van der Waals surface area contributed by atoms with Gasteiger partial charge in [0.05, 0.1) is 0 Å². The van der Waals surface area contributed by atoms with E-state index in [2.05, 4.69) is 34.4 Å². The molecule has 0 unspecified atom stereocenters. The van der Waals surface area contributed by atoms with Crippen molar-refractivity contribution in [2.45, 2.75) is 26.8 Å². The minimum absolute atomic E-state index is 0.455. The van der Waals surface area contributed by atoms with Gasteiger partial charge in [0.2, 0.25) is 0 Å². The molecule has 6 nitrogen and oxygen atoms in total. The lowest BCUT2D eigenvalue weighted by Crippen LogP contribution is -2.33. The zero-order valence-electron chi connectivity index (χ0n) is 10.1. The molecule has 0 radical (unpaired) electrons. The van der Waals surface area contributed by atoms with Gasteiger partial charge in [0.15, 0.2) is 11.8 Å². The van der Waals surface area contributed by atoms with E-state index in [9.17, 15) is 0 Å². The third kappa shape index (κ3) is 4.29. The highest BCUT2D eigenvalue weighted by Crippen LogP contribution is 1.96. The van der Waals surface area contributed by atoms with Crippen LogP contribution in [0.2, 0.25) is 0 Å². The van der Waals surface area contributed by atoms with Crippen molar-refractivity contribution in [1.29, 1.82) is 0 Å². The number of hydrogen-bond donors (Lipinski definition) is 2. The molecule has 1 aromatic rings. The number of nitrogens with zero attached hydrogens (tertiary/aromatic N) is 4. The van der Waals surface area contributed by atoms with E-state index in [0.717, 1.165) is 18.8 Å². The summed E-state index contributed by atoms with van der Waals surface area (Å²) in [5.74, 6) is 1.93. The van der Waals surface area contributed by atoms with Crippen LogP contribution in [0.25, 0.3) is 0 Å². The lowest BCUT2D eigenvalue weighted by atomic mass is 10.1. The monoisotopic (exact) mass is 224 g/mol. The number of rotatable bonds is 5. The molecule has 0 aliphatic carbocycles. The Balaban J connectivity index is 2.31. The van der Waals surface area contributed by atoms with E-state index in [1.165, 1.54) is 0 Å². The van der Waals surface area contributed by atoms with Crippen LogP contribution in [0, 0.1) is 5.92 Å². The Morgan fingerprint density at radius 1 is 1.62 bits per heavy atom. The summed E-state index contributed by atoms with van der Waals surface area (Å²) in [5, 5.41) is 10.8. The Hall–Kier alpha value is -1.59. The Morgan fingerprint density at radius 2 is 2.38 bits per heavy atom. The first-order valence-electron chi connectivity index (χ1n) is 5.46. The summed E-state index contributed by atoms with van der Waals surface area (Å²) in [6.07, 6.45) is 2.73. The van der Waals surface area contributed by atoms with Crippen molar-refractivity contribution in [3.8, 4) is 0 Å². The third-order valence-corrected chi connectivity index (χ3v) is 2.22. The molecule has 0 aromatic carbocycles. The van der Waals surface area contributed by atoms with Crippen LogP contribution in [-0.2, 0) is 13.6 Å². The molecule has 0 spiro atoms. The van der Waals surface area contributed by atoms with Gasteiger partial charge in [-0.05, 0) is 12.3 Å². The first kappa shape index (κ1) is 12.5. The fourth-order valence-electron chi connectivity index (χ4n) is 1.15. The zero-order valence-corrected chi connectivity index (χ0v) is 10.1. The fraction of sp³-hybridized carbons (Fsp3) is 0.700. The van der Waals surface area contributed by atoms with Crippen LogP contribution in [0.15, 0.2) is 11.3 Å². The molecule has 90 valence electrons. The number of guanidine groups is 1. The van der Waals surface area contributed by atoms with E-state index >= 15 is 0 Å². The van der Waals surface area contributed by atoms with Crippen molar-refractivity contribution in [3.63, 3.8) is 0 Å². The predicted molar refractivity (Wildman–Crippen MR) is 63.8 cm³/mol. The average molecular weight is 224 g/mol. The minimum atomic E-state index is 0.455. The van der Waals surface area contributed by atoms with Gasteiger partial charge in [0, 0.05) is 13.6 Å². The highest BCUT2D eigenvalue weighted by molar-refractivity contribution is 5.77. The van der Waals surface area contributed by atoms with E-state index in [1.807, 2.05) is 11.6 Å². The van der Waals surface area contributed by atoms with E-state index < -0.39 is 0 Å². The first-order valence-corrected chi connectivity index (χ1v) is 5.46. The number of aromatic nitrogens is 3. The molecule has 0 saturated heterocycles. The normalized spacial score (nSPS) is 12.1. The maximum atomic E-state index is 5.71. The molecule has 1 rings (SSSR count). The van der Waals surface area contributed by atoms with Crippen molar-refractivity contribution >= 4 is 5.96 Å². The molecule has 1 aromatic heterocycles. The Bertz CT molecular complexity index is 341. The van der Waals surface area contributed by atoms with Crippen LogP contribution >= 0.6 is 0 Å². The number of aryl methyl sites for hydroxylation is 1. The van der Waals surface area contributed by atoms with Crippen LogP contribution in [0.4, 0.5) is 0 Å². The molecule has 0 aliphatic heterocycles. The van der Waals surface area contributed by atoms with Crippen molar-refractivity contribution < 1.29 is 0 Å². The van der Waals surface area contributed by atoms with Crippen molar-refractivity contribution in [3.05, 3.63) is 12.2 Å². The van der Waals surface area contributed by atoms with Crippen LogP contribution < -0.4 is 11.1 Å². The average Bonchev–Trinajstić information content (AvgIpc) is 2.60. The quantitative estimate of drug-likeness (QED) is 0.555. The number of aliphatic imine (C=N–C) groups is 1. The van der Waals surface area contributed by atoms with Gasteiger partial charge in [-0.1, -0.05) is 13.8 Å². The van der Waals surface area contributed by atoms with E-state index in [1.54, 1.807) is 6.33 Å². The van der Waals surface area contributed by atoms with Gasteiger partial charge >= 0.3 is 0 Å². The molecule has 6 heteroatoms. The molecule has 0 amide bonds. The highest BCUT2D eigenvalue weighted by atomic mass is 15.3. The largest absolute Gasteiger partial charge is 0.370 e. The second-order valence-electron chi connectivity index (χ2n) is 4.17. The van der Waals surface area contributed by atoms with Crippen molar-refractivity contribution in [2.75, 3.05) is 6.54 Å². The Morgan fingerprint density at radius 3 is 2.94 bits per heavy atom. The topological polar surface area (TPSA) is 81.1 Å². The molecular formula is C10H20N6. The van der Waals surface area contributed by atoms with Gasteiger partial charge in [-0.15, -0.1) is 10.2 Å². The smallest absolute Gasteiger partial charge is 0.189 e. The summed E-state index contributed by atoms with van der Waals surface area (Å²) in [4.78, 5) is 4.18. The molecule has 0 saturated carbocycles. The number of nitrogens with one attached hydrogen (secondary N) is 1. The second kappa shape index (κ2) is 6.09. The van der Waals surface area contributed by atoms with Crippen molar-refractivity contribution in [1.82, 2.24) is 20.1 Å². The lowest BCUT2D eigenvalue weighted by Gasteiger charge is -2.07. The highest BCUT2D eigenvalue weighted by Gasteiger charge is 1.99. The Kier molecular flexibility index (Phi) is 4.75. The van der Waals surface area contributed by atoms with Gasteiger partial charge in [0.25, 0.3) is 0 Å². The maximum absolute atomic E-state index is 5.71. The van der Waals surface area contributed by atoms with Crippen LogP contribution in [-0.4, -0.2) is 27.3 Å². The predicted octanol–water partition coefficient (Wildman–Crippen LogP) is 0.265.